The molecule has 0 unspecified atom stereocenters. The van der Waals surface area contributed by atoms with Crippen LogP contribution in [0.1, 0.15) is 17.7 Å². The zero-order valence-electron chi connectivity index (χ0n) is 14.4. The fourth-order valence-corrected chi connectivity index (χ4v) is 3.56. The fraction of sp³-hybridized carbons (Fsp3) is 0.294. The average Bonchev–Trinajstić information content (AvgIpc) is 3.31. The summed E-state index contributed by atoms with van der Waals surface area (Å²) in [5.41, 5.74) is 1.53. The van der Waals surface area contributed by atoms with Gasteiger partial charge in [0.1, 0.15) is 6.04 Å². The second kappa shape index (κ2) is 6.88. The number of hydrogen-bond acceptors (Lipinski definition) is 7. The maximum atomic E-state index is 12.5. The lowest BCUT2D eigenvalue weighted by Crippen LogP contribution is -2.34. The number of amides is 4. The summed E-state index contributed by atoms with van der Waals surface area (Å²) in [6.07, 6.45) is -0.152. The van der Waals surface area contributed by atoms with Crippen LogP contribution >= 0.6 is 11.3 Å². The summed E-state index contributed by atoms with van der Waals surface area (Å²) in [4.78, 5) is 42.1. The zero-order valence-corrected chi connectivity index (χ0v) is 15.2. The van der Waals surface area contributed by atoms with Crippen molar-refractivity contribution in [3.8, 4) is 11.5 Å². The van der Waals surface area contributed by atoms with Crippen molar-refractivity contribution >= 4 is 34.3 Å². The molecule has 0 aliphatic carbocycles. The number of hydrogen-bond donors (Lipinski definition) is 2. The Balaban J connectivity index is 1.39. The van der Waals surface area contributed by atoms with Gasteiger partial charge in [-0.1, -0.05) is 6.07 Å². The molecule has 2 aromatic rings. The standard InChI is InChI=1S/C17H16N4O5S/c1-9-7-27-16(18-9)20-14(22)5-11-15(23)21(17(24)19-11)6-10-2-3-12-13(4-10)26-8-25-12/h2-4,7,11H,5-6,8H2,1H3,(H,19,24)(H,18,20,22)/t11-/m0/s1. The van der Waals surface area contributed by atoms with E-state index in [1.54, 1.807) is 18.2 Å². The van der Waals surface area contributed by atoms with E-state index in [4.69, 9.17) is 9.47 Å². The monoisotopic (exact) mass is 388 g/mol. The predicted molar refractivity (Wildman–Crippen MR) is 95.5 cm³/mol. The molecule has 2 aliphatic heterocycles. The number of benzene rings is 1. The van der Waals surface area contributed by atoms with Crippen LogP contribution in [0.5, 0.6) is 11.5 Å². The van der Waals surface area contributed by atoms with Crippen molar-refractivity contribution in [2.24, 2.45) is 0 Å². The predicted octanol–water partition coefficient (Wildman–Crippen LogP) is 1.63. The van der Waals surface area contributed by atoms with Crippen LogP contribution < -0.4 is 20.1 Å². The second-order valence-electron chi connectivity index (χ2n) is 6.16. The maximum Gasteiger partial charge on any atom is 0.325 e. The van der Waals surface area contributed by atoms with Gasteiger partial charge in [0.15, 0.2) is 16.6 Å². The van der Waals surface area contributed by atoms with E-state index in [0.717, 1.165) is 16.2 Å². The van der Waals surface area contributed by atoms with Gasteiger partial charge in [-0.15, -0.1) is 11.3 Å². The van der Waals surface area contributed by atoms with Gasteiger partial charge in [-0.05, 0) is 24.6 Å². The zero-order chi connectivity index (χ0) is 19.0. The lowest BCUT2D eigenvalue weighted by Gasteiger charge is -2.13. The minimum atomic E-state index is -0.896. The molecule has 0 spiro atoms. The van der Waals surface area contributed by atoms with Crippen molar-refractivity contribution < 1.29 is 23.9 Å². The highest BCUT2D eigenvalue weighted by molar-refractivity contribution is 7.13. The number of carbonyl (C=O) groups excluding carboxylic acids is 3. The third-order valence-electron chi connectivity index (χ3n) is 4.14. The van der Waals surface area contributed by atoms with Gasteiger partial charge in [-0.3, -0.25) is 14.5 Å². The third kappa shape index (κ3) is 3.56. The molecule has 1 aromatic heterocycles. The normalized spacial score (nSPS) is 18.0. The molecular weight excluding hydrogens is 372 g/mol. The molecule has 0 bridgehead atoms. The summed E-state index contributed by atoms with van der Waals surface area (Å²) in [5.74, 6) is 0.383. The number of ether oxygens (including phenoxy) is 2. The van der Waals surface area contributed by atoms with Crippen LogP contribution in [-0.2, 0) is 16.1 Å². The summed E-state index contributed by atoms with van der Waals surface area (Å²) < 4.78 is 10.6. The Hall–Kier alpha value is -3.14. The van der Waals surface area contributed by atoms with Crippen molar-refractivity contribution in [1.29, 1.82) is 0 Å². The molecule has 1 aromatic carbocycles. The van der Waals surface area contributed by atoms with Crippen molar-refractivity contribution in [3.63, 3.8) is 0 Å². The third-order valence-corrected chi connectivity index (χ3v) is 5.02. The first kappa shape index (κ1) is 17.3. The summed E-state index contributed by atoms with van der Waals surface area (Å²) in [5, 5.41) is 7.46. The summed E-state index contributed by atoms with van der Waals surface area (Å²) >= 11 is 1.30. The Morgan fingerprint density at radius 2 is 2.19 bits per heavy atom. The quantitative estimate of drug-likeness (QED) is 0.754. The molecule has 4 rings (SSSR count). The molecule has 4 amide bonds. The van der Waals surface area contributed by atoms with Gasteiger partial charge in [0.2, 0.25) is 12.7 Å². The number of anilines is 1. The molecular formula is C17H16N4O5S. The van der Waals surface area contributed by atoms with Crippen molar-refractivity contribution in [1.82, 2.24) is 15.2 Å². The van der Waals surface area contributed by atoms with Gasteiger partial charge in [0.25, 0.3) is 5.91 Å². The van der Waals surface area contributed by atoms with Gasteiger partial charge >= 0.3 is 6.03 Å². The smallest absolute Gasteiger partial charge is 0.325 e. The number of nitrogens with one attached hydrogen (secondary N) is 2. The second-order valence-corrected chi connectivity index (χ2v) is 7.02. The lowest BCUT2D eigenvalue weighted by atomic mass is 10.1. The molecule has 9 nitrogen and oxygen atoms in total. The molecule has 140 valence electrons. The van der Waals surface area contributed by atoms with Crippen LogP contribution in [0.15, 0.2) is 23.6 Å². The first-order valence-corrected chi connectivity index (χ1v) is 9.10. The van der Waals surface area contributed by atoms with E-state index < -0.39 is 18.0 Å². The number of imide groups is 1. The highest BCUT2D eigenvalue weighted by atomic mass is 32.1. The Morgan fingerprint density at radius 1 is 1.37 bits per heavy atom. The molecule has 1 fully saturated rings. The average molecular weight is 388 g/mol. The van der Waals surface area contributed by atoms with E-state index in [2.05, 4.69) is 15.6 Å². The molecule has 27 heavy (non-hydrogen) atoms. The molecule has 2 aliphatic rings. The van der Waals surface area contributed by atoms with E-state index >= 15 is 0 Å². The van der Waals surface area contributed by atoms with E-state index in [9.17, 15) is 14.4 Å². The Bertz CT molecular complexity index is 928. The topological polar surface area (TPSA) is 110 Å². The first-order chi connectivity index (χ1) is 13.0. The number of nitrogens with zero attached hydrogens (tertiary/aromatic N) is 2. The number of rotatable bonds is 5. The Morgan fingerprint density at radius 3 is 2.96 bits per heavy atom. The highest BCUT2D eigenvalue weighted by Crippen LogP contribution is 2.33. The number of carbonyl (C=O) groups is 3. The first-order valence-electron chi connectivity index (χ1n) is 8.22. The summed E-state index contributed by atoms with van der Waals surface area (Å²) in [6.45, 7) is 2.06. The number of fused-ring (bicyclic) bond motifs is 1. The van der Waals surface area contributed by atoms with Crippen molar-refractivity contribution in [2.75, 3.05) is 12.1 Å². The van der Waals surface area contributed by atoms with Gasteiger partial charge in [-0.25, -0.2) is 9.78 Å². The van der Waals surface area contributed by atoms with Crippen molar-refractivity contribution in [3.05, 3.63) is 34.8 Å². The van der Waals surface area contributed by atoms with E-state index in [1.165, 1.54) is 11.3 Å². The molecule has 0 saturated carbocycles. The van der Waals surface area contributed by atoms with Crippen LogP contribution in [0.25, 0.3) is 0 Å². The number of thiazole rings is 1. The maximum absolute atomic E-state index is 12.5. The van der Waals surface area contributed by atoms with Crippen LogP contribution in [-0.4, -0.2) is 40.6 Å². The molecule has 2 N–H and O–H groups in total. The SMILES string of the molecule is Cc1csc(NC(=O)C[C@@H]2NC(=O)N(Cc3ccc4c(c3)OCO4)C2=O)n1. The van der Waals surface area contributed by atoms with Crippen LogP contribution in [0.3, 0.4) is 0 Å². The lowest BCUT2D eigenvalue weighted by molar-refractivity contribution is -0.130. The number of aryl methyl sites for hydroxylation is 1. The molecule has 3 heterocycles. The van der Waals surface area contributed by atoms with E-state index in [-0.39, 0.29) is 25.7 Å². The highest BCUT2D eigenvalue weighted by Gasteiger charge is 2.39. The molecule has 10 heteroatoms. The summed E-state index contributed by atoms with van der Waals surface area (Å²) in [6, 6.07) is 3.80. The Kier molecular flexibility index (Phi) is 4.40. The van der Waals surface area contributed by atoms with Gasteiger partial charge in [0, 0.05) is 5.38 Å². The Labute approximate surface area is 158 Å². The van der Waals surface area contributed by atoms with Crippen LogP contribution in [0.2, 0.25) is 0 Å². The van der Waals surface area contributed by atoms with Gasteiger partial charge < -0.3 is 20.1 Å². The minimum absolute atomic E-state index is 0.0884. The molecule has 1 atom stereocenters. The number of urea groups is 1. The van der Waals surface area contributed by atoms with Gasteiger partial charge in [-0.2, -0.15) is 0 Å². The van der Waals surface area contributed by atoms with Crippen LogP contribution in [0, 0.1) is 6.92 Å². The molecule has 0 radical (unpaired) electrons. The van der Waals surface area contributed by atoms with E-state index in [0.29, 0.717) is 16.6 Å². The van der Waals surface area contributed by atoms with Crippen molar-refractivity contribution in [2.45, 2.75) is 25.9 Å². The van der Waals surface area contributed by atoms with E-state index in [1.807, 2.05) is 12.3 Å². The van der Waals surface area contributed by atoms with Crippen LogP contribution in [0.4, 0.5) is 9.93 Å². The summed E-state index contributed by atoms with van der Waals surface area (Å²) in [7, 11) is 0. The fourth-order valence-electron chi connectivity index (χ4n) is 2.85. The largest absolute Gasteiger partial charge is 0.454 e. The number of aromatic nitrogens is 1. The molecule has 1 saturated heterocycles. The minimum Gasteiger partial charge on any atom is -0.454 e. The van der Waals surface area contributed by atoms with Gasteiger partial charge in [0.05, 0.1) is 18.7 Å².